The second kappa shape index (κ2) is 8.63. The van der Waals surface area contributed by atoms with Gasteiger partial charge in [0, 0.05) is 0 Å². The van der Waals surface area contributed by atoms with Crippen LogP contribution < -0.4 is 9.57 Å². The summed E-state index contributed by atoms with van der Waals surface area (Å²) in [5.41, 5.74) is 2.04. The van der Waals surface area contributed by atoms with Crippen LogP contribution in [0.25, 0.3) is 0 Å². The van der Waals surface area contributed by atoms with Crippen LogP contribution in [0.2, 0.25) is 0 Å². The summed E-state index contributed by atoms with van der Waals surface area (Å²) in [5, 5.41) is 12.6. The Kier molecular flexibility index (Phi) is 6.00. The average Bonchev–Trinajstić information content (AvgIpc) is 3.16. The lowest BCUT2D eigenvalue weighted by molar-refractivity contribution is 0.270. The van der Waals surface area contributed by atoms with E-state index in [0.717, 1.165) is 5.56 Å². The number of benzene rings is 2. The van der Waals surface area contributed by atoms with E-state index in [1.54, 1.807) is 55.5 Å². The minimum atomic E-state index is -3.77. The average molecular weight is 409 g/mol. The van der Waals surface area contributed by atoms with Crippen molar-refractivity contribution in [3.8, 4) is 11.8 Å². The third kappa shape index (κ3) is 5.24. The molecule has 3 rings (SSSR count). The van der Waals surface area contributed by atoms with E-state index >= 15 is 0 Å². The van der Waals surface area contributed by atoms with E-state index in [9.17, 15) is 8.42 Å². The summed E-state index contributed by atoms with van der Waals surface area (Å²) in [5.74, 6) is 1.54. The zero-order valence-electron chi connectivity index (χ0n) is 15.9. The van der Waals surface area contributed by atoms with E-state index in [1.165, 1.54) is 6.21 Å². The predicted molar refractivity (Wildman–Crippen MR) is 108 cm³/mol. The molecule has 0 amide bonds. The van der Waals surface area contributed by atoms with Gasteiger partial charge in [-0.05, 0) is 67.4 Å². The molecular formula is C21H19N3O4S. The van der Waals surface area contributed by atoms with Crippen LogP contribution in [0.3, 0.4) is 0 Å². The lowest BCUT2D eigenvalue weighted by Crippen LogP contribution is -2.19. The van der Waals surface area contributed by atoms with Gasteiger partial charge in [-0.2, -0.15) is 23.6 Å². The summed E-state index contributed by atoms with van der Waals surface area (Å²) in [6.45, 7) is 3.74. The Hall–Kier alpha value is -3.57. The molecule has 2 aromatic carbocycles. The van der Waals surface area contributed by atoms with Gasteiger partial charge < -0.3 is 9.15 Å². The Bertz CT molecular complexity index is 1170. The Labute approximate surface area is 169 Å². The number of hydrogen-bond acceptors (Lipinski definition) is 6. The number of nitrogens with zero attached hydrogens (tertiary/aromatic N) is 2. The molecule has 0 aliphatic rings. The van der Waals surface area contributed by atoms with Gasteiger partial charge in [0.15, 0.2) is 0 Å². The maximum Gasteiger partial charge on any atom is 0.276 e. The Morgan fingerprint density at radius 1 is 1.14 bits per heavy atom. The van der Waals surface area contributed by atoms with Crippen molar-refractivity contribution in [2.24, 2.45) is 5.10 Å². The van der Waals surface area contributed by atoms with Crippen molar-refractivity contribution >= 4 is 16.2 Å². The van der Waals surface area contributed by atoms with Gasteiger partial charge in [0.05, 0.1) is 22.7 Å². The van der Waals surface area contributed by atoms with Crippen LogP contribution in [0.1, 0.15) is 28.2 Å². The molecule has 0 fully saturated rings. The fraction of sp³-hybridized carbons (Fsp3) is 0.143. The minimum Gasteiger partial charge on any atom is -0.486 e. The normalized spacial score (nSPS) is 11.3. The highest BCUT2D eigenvalue weighted by Gasteiger charge is 2.15. The smallest absolute Gasteiger partial charge is 0.276 e. The van der Waals surface area contributed by atoms with Gasteiger partial charge in [0.25, 0.3) is 10.0 Å². The summed E-state index contributed by atoms with van der Waals surface area (Å²) in [6, 6.07) is 17.3. The van der Waals surface area contributed by atoms with Crippen LogP contribution in [0, 0.1) is 25.2 Å². The van der Waals surface area contributed by atoms with Gasteiger partial charge in [0.1, 0.15) is 23.9 Å². The van der Waals surface area contributed by atoms with Gasteiger partial charge in [0.2, 0.25) is 0 Å². The second-order valence-corrected chi connectivity index (χ2v) is 7.98. The highest BCUT2D eigenvalue weighted by atomic mass is 32.2. The molecule has 0 saturated heterocycles. The van der Waals surface area contributed by atoms with E-state index < -0.39 is 10.0 Å². The number of aryl methyl sites for hydroxylation is 2. The Balaban J connectivity index is 1.60. The van der Waals surface area contributed by atoms with Crippen LogP contribution in [-0.2, 0) is 16.6 Å². The molecule has 1 heterocycles. The van der Waals surface area contributed by atoms with E-state index in [4.69, 9.17) is 14.4 Å². The third-order valence-electron chi connectivity index (χ3n) is 4.04. The summed E-state index contributed by atoms with van der Waals surface area (Å²) >= 11 is 0. The largest absolute Gasteiger partial charge is 0.486 e. The first-order valence-electron chi connectivity index (χ1n) is 8.71. The fourth-order valence-electron chi connectivity index (χ4n) is 2.53. The molecule has 7 nitrogen and oxygen atoms in total. The number of ether oxygens (including phenoxy) is 1. The first-order valence-corrected chi connectivity index (χ1v) is 10.2. The lowest BCUT2D eigenvalue weighted by atomic mass is 10.2. The van der Waals surface area contributed by atoms with Crippen molar-refractivity contribution in [3.05, 3.63) is 82.8 Å². The van der Waals surface area contributed by atoms with Crippen molar-refractivity contribution in [2.75, 3.05) is 0 Å². The zero-order valence-corrected chi connectivity index (χ0v) is 16.7. The van der Waals surface area contributed by atoms with Crippen LogP contribution >= 0.6 is 0 Å². The summed E-state index contributed by atoms with van der Waals surface area (Å²) < 4.78 is 36.0. The first kappa shape index (κ1) is 20.2. The third-order valence-corrected chi connectivity index (χ3v) is 5.41. The molecular weight excluding hydrogens is 390 g/mol. The van der Waals surface area contributed by atoms with E-state index in [1.807, 2.05) is 19.1 Å². The van der Waals surface area contributed by atoms with Crippen LogP contribution in [0.15, 0.2) is 69.0 Å². The monoisotopic (exact) mass is 409 g/mol. The molecule has 1 aromatic heterocycles. The highest BCUT2D eigenvalue weighted by Crippen LogP contribution is 2.17. The summed E-state index contributed by atoms with van der Waals surface area (Å²) in [4.78, 5) is 2.38. The van der Waals surface area contributed by atoms with Crippen LogP contribution in [-0.4, -0.2) is 14.6 Å². The second-order valence-electron chi connectivity index (χ2n) is 6.35. The number of hydrazone groups is 1. The maximum absolute atomic E-state index is 12.4. The molecule has 0 radical (unpaired) electrons. The molecule has 0 saturated carbocycles. The topological polar surface area (TPSA) is 105 Å². The molecule has 0 spiro atoms. The van der Waals surface area contributed by atoms with Crippen LogP contribution in [0.5, 0.6) is 5.75 Å². The Morgan fingerprint density at radius 2 is 1.90 bits per heavy atom. The van der Waals surface area contributed by atoms with E-state index in [-0.39, 0.29) is 11.5 Å². The van der Waals surface area contributed by atoms with Crippen molar-refractivity contribution in [1.82, 2.24) is 4.83 Å². The number of nitriles is 1. The molecule has 1 N–H and O–H groups in total. The zero-order chi connectivity index (χ0) is 20.9. The molecule has 0 atom stereocenters. The molecule has 0 aliphatic heterocycles. The number of hydrogen-bond donors (Lipinski definition) is 1. The fourth-order valence-corrected chi connectivity index (χ4v) is 3.65. The lowest BCUT2D eigenvalue weighted by Gasteiger charge is -2.07. The molecule has 0 bridgehead atoms. The maximum atomic E-state index is 12.4. The van der Waals surface area contributed by atoms with E-state index in [0.29, 0.717) is 28.4 Å². The van der Waals surface area contributed by atoms with Gasteiger partial charge in [-0.15, -0.1) is 0 Å². The van der Waals surface area contributed by atoms with Crippen LogP contribution in [0.4, 0.5) is 0 Å². The molecule has 3 aromatic rings. The van der Waals surface area contributed by atoms with Crippen molar-refractivity contribution in [3.63, 3.8) is 0 Å². The summed E-state index contributed by atoms with van der Waals surface area (Å²) in [6.07, 6.45) is 1.29. The number of sulfonamides is 1. The quantitative estimate of drug-likeness (QED) is 0.474. The van der Waals surface area contributed by atoms with E-state index in [2.05, 4.69) is 9.93 Å². The summed E-state index contributed by atoms with van der Waals surface area (Å²) in [7, 11) is -3.77. The highest BCUT2D eigenvalue weighted by molar-refractivity contribution is 7.89. The van der Waals surface area contributed by atoms with Gasteiger partial charge in [-0.1, -0.05) is 12.1 Å². The molecule has 0 unspecified atom stereocenters. The van der Waals surface area contributed by atoms with Crippen molar-refractivity contribution in [1.29, 1.82) is 5.26 Å². The molecule has 29 heavy (non-hydrogen) atoms. The number of rotatable bonds is 7. The van der Waals surface area contributed by atoms with Gasteiger partial charge in [-0.25, -0.2) is 0 Å². The molecule has 0 aliphatic carbocycles. The molecule has 148 valence electrons. The first-order chi connectivity index (χ1) is 13.9. The van der Waals surface area contributed by atoms with Gasteiger partial charge in [-0.3, -0.25) is 0 Å². The number of furan rings is 1. The van der Waals surface area contributed by atoms with Crippen molar-refractivity contribution < 1.29 is 17.6 Å². The standard InChI is InChI=1S/C21H19N3O4S/c1-15-3-4-16(2)21(11-15)29(25,26)24-23-13-19-9-10-20(28-19)14-27-18-7-5-17(12-22)6-8-18/h3-11,13,24H,14H2,1-2H3/b23-13-. The minimum absolute atomic E-state index is 0.186. The van der Waals surface area contributed by atoms with Crippen molar-refractivity contribution in [2.45, 2.75) is 25.3 Å². The van der Waals surface area contributed by atoms with Gasteiger partial charge >= 0.3 is 0 Å². The number of nitrogens with one attached hydrogen (secondary N) is 1. The Morgan fingerprint density at radius 3 is 2.62 bits per heavy atom. The predicted octanol–water partition coefficient (Wildman–Crippen LogP) is 3.66. The molecule has 8 heteroatoms. The SMILES string of the molecule is Cc1ccc(C)c(S(=O)(=O)N/N=C\c2ccc(COc3ccc(C#N)cc3)o2)c1.